The summed E-state index contributed by atoms with van der Waals surface area (Å²) in [5, 5.41) is 10.9. The van der Waals surface area contributed by atoms with E-state index >= 15 is 0 Å². The van der Waals surface area contributed by atoms with Gasteiger partial charge in [0.1, 0.15) is 5.82 Å². The first kappa shape index (κ1) is 14.9. The second-order valence-electron chi connectivity index (χ2n) is 6.79. The van der Waals surface area contributed by atoms with Gasteiger partial charge in [-0.05, 0) is 55.1 Å². The lowest BCUT2D eigenvalue weighted by atomic mass is 9.72. The maximum atomic E-state index is 13.4. The Morgan fingerprint density at radius 2 is 1.52 bits per heavy atom. The number of benzene rings is 2. The van der Waals surface area contributed by atoms with Crippen molar-refractivity contribution in [2.24, 2.45) is 5.92 Å². The molecule has 3 aliphatic heterocycles. The standard InChI is InChI=1S/C20H22FNO/c21-17-8-6-15(7-9-17)18(14-4-2-1-3-5-14)19-20(23)16-10-12-22(19)13-11-16/h1-9,16,18-20,23H,10-13H2. The van der Waals surface area contributed by atoms with Crippen LogP contribution in [-0.4, -0.2) is 35.2 Å². The predicted octanol–water partition coefficient (Wildman–Crippen LogP) is 3.41. The zero-order valence-electron chi connectivity index (χ0n) is 13.1. The number of piperidine rings is 3. The molecule has 3 atom stereocenters. The van der Waals surface area contributed by atoms with Crippen LogP contribution in [0.1, 0.15) is 29.9 Å². The van der Waals surface area contributed by atoms with E-state index in [9.17, 15) is 9.50 Å². The number of fused-ring (bicyclic) bond motifs is 3. The van der Waals surface area contributed by atoms with Gasteiger partial charge in [0.15, 0.2) is 0 Å². The molecule has 0 radical (unpaired) electrons. The lowest BCUT2D eigenvalue weighted by Crippen LogP contribution is -2.60. The van der Waals surface area contributed by atoms with Crippen molar-refractivity contribution in [3.8, 4) is 0 Å². The van der Waals surface area contributed by atoms with Crippen molar-refractivity contribution in [2.75, 3.05) is 13.1 Å². The lowest BCUT2D eigenvalue weighted by molar-refractivity contribution is -0.0775. The molecule has 2 aromatic rings. The Kier molecular flexibility index (Phi) is 3.92. The number of hydrogen-bond donors (Lipinski definition) is 1. The van der Waals surface area contributed by atoms with Gasteiger partial charge in [-0.1, -0.05) is 42.5 Å². The summed E-state index contributed by atoms with van der Waals surface area (Å²) < 4.78 is 13.4. The van der Waals surface area contributed by atoms with Crippen LogP contribution in [0.15, 0.2) is 54.6 Å². The van der Waals surface area contributed by atoms with Crippen molar-refractivity contribution in [2.45, 2.75) is 30.9 Å². The van der Waals surface area contributed by atoms with Crippen LogP contribution in [0, 0.1) is 11.7 Å². The molecule has 3 aliphatic rings. The summed E-state index contributed by atoms with van der Waals surface area (Å²) in [6.45, 7) is 2.11. The summed E-state index contributed by atoms with van der Waals surface area (Å²) in [4.78, 5) is 2.42. The molecule has 0 aromatic heterocycles. The van der Waals surface area contributed by atoms with Gasteiger partial charge in [-0.2, -0.15) is 0 Å². The van der Waals surface area contributed by atoms with Crippen LogP contribution in [0.25, 0.3) is 0 Å². The van der Waals surface area contributed by atoms with Gasteiger partial charge in [0.05, 0.1) is 6.10 Å². The fraction of sp³-hybridized carbons (Fsp3) is 0.400. The number of hydrogen-bond acceptors (Lipinski definition) is 2. The number of aliphatic hydroxyl groups excluding tert-OH is 1. The van der Waals surface area contributed by atoms with Gasteiger partial charge < -0.3 is 5.11 Å². The first-order chi connectivity index (χ1) is 11.2. The maximum absolute atomic E-state index is 13.4. The Bertz CT molecular complexity index is 647. The van der Waals surface area contributed by atoms with Crippen LogP contribution in [0.4, 0.5) is 4.39 Å². The van der Waals surface area contributed by atoms with Gasteiger partial charge in [-0.25, -0.2) is 4.39 Å². The lowest BCUT2D eigenvalue weighted by Gasteiger charge is -2.51. The largest absolute Gasteiger partial charge is 0.391 e. The van der Waals surface area contributed by atoms with Crippen molar-refractivity contribution < 1.29 is 9.50 Å². The SMILES string of the molecule is OC1C2CCN(CC2)C1C(c1ccccc1)c1ccc(F)cc1. The average Bonchev–Trinajstić information content (AvgIpc) is 2.61. The average molecular weight is 311 g/mol. The summed E-state index contributed by atoms with van der Waals surface area (Å²) >= 11 is 0. The van der Waals surface area contributed by atoms with Gasteiger partial charge >= 0.3 is 0 Å². The zero-order chi connectivity index (χ0) is 15.8. The van der Waals surface area contributed by atoms with Gasteiger partial charge in [0.25, 0.3) is 0 Å². The number of rotatable bonds is 3. The minimum Gasteiger partial charge on any atom is -0.391 e. The van der Waals surface area contributed by atoms with Crippen LogP contribution in [0.3, 0.4) is 0 Å². The quantitative estimate of drug-likeness (QED) is 0.939. The normalized spacial score (nSPS) is 31.0. The molecule has 3 unspecified atom stereocenters. The fourth-order valence-corrected chi connectivity index (χ4v) is 4.38. The first-order valence-electron chi connectivity index (χ1n) is 8.46. The molecular weight excluding hydrogens is 289 g/mol. The van der Waals surface area contributed by atoms with Gasteiger partial charge in [-0.3, -0.25) is 4.90 Å². The second-order valence-corrected chi connectivity index (χ2v) is 6.79. The smallest absolute Gasteiger partial charge is 0.123 e. The summed E-state index contributed by atoms with van der Waals surface area (Å²) in [5.74, 6) is 0.262. The molecule has 0 amide bonds. The molecule has 1 N–H and O–H groups in total. The van der Waals surface area contributed by atoms with Crippen LogP contribution in [0.5, 0.6) is 0 Å². The molecule has 2 nitrogen and oxygen atoms in total. The van der Waals surface area contributed by atoms with Crippen LogP contribution < -0.4 is 0 Å². The number of aliphatic hydroxyl groups is 1. The monoisotopic (exact) mass is 311 g/mol. The van der Waals surface area contributed by atoms with E-state index in [0.29, 0.717) is 5.92 Å². The number of nitrogens with zero attached hydrogens (tertiary/aromatic N) is 1. The zero-order valence-corrected chi connectivity index (χ0v) is 13.1. The molecule has 5 rings (SSSR count). The highest BCUT2D eigenvalue weighted by Gasteiger charge is 2.45. The highest BCUT2D eigenvalue weighted by atomic mass is 19.1. The Hall–Kier alpha value is -1.71. The molecule has 2 aromatic carbocycles. The Labute approximate surface area is 136 Å². The fourth-order valence-electron chi connectivity index (χ4n) is 4.38. The summed E-state index contributed by atoms with van der Waals surface area (Å²) in [5.41, 5.74) is 2.27. The Balaban J connectivity index is 1.78. The summed E-state index contributed by atoms with van der Waals surface area (Å²) in [7, 11) is 0. The number of halogens is 1. The van der Waals surface area contributed by atoms with Crippen LogP contribution in [0.2, 0.25) is 0 Å². The second kappa shape index (κ2) is 6.06. The van der Waals surface area contributed by atoms with Crippen LogP contribution >= 0.6 is 0 Å². The maximum Gasteiger partial charge on any atom is 0.123 e. The predicted molar refractivity (Wildman–Crippen MR) is 88.8 cm³/mol. The van der Waals surface area contributed by atoms with Gasteiger partial charge in [0.2, 0.25) is 0 Å². The molecule has 0 saturated carbocycles. The van der Waals surface area contributed by atoms with Crippen molar-refractivity contribution >= 4 is 0 Å². The van der Waals surface area contributed by atoms with Gasteiger partial charge in [-0.15, -0.1) is 0 Å². The van der Waals surface area contributed by atoms with E-state index < -0.39 is 0 Å². The molecular formula is C20H22FNO. The minimum absolute atomic E-state index is 0.0786. The van der Waals surface area contributed by atoms with E-state index in [2.05, 4.69) is 17.0 Å². The van der Waals surface area contributed by atoms with E-state index in [1.807, 2.05) is 30.3 Å². The van der Waals surface area contributed by atoms with Crippen molar-refractivity contribution in [3.63, 3.8) is 0 Å². The summed E-state index contributed by atoms with van der Waals surface area (Å²) in [6.07, 6.45) is 1.86. The third-order valence-corrected chi connectivity index (χ3v) is 5.56. The van der Waals surface area contributed by atoms with E-state index in [-0.39, 0.29) is 23.9 Å². The third-order valence-electron chi connectivity index (χ3n) is 5.56. The van der Waals surface area contributed by atoms with Crippen molar-refractivity contribution in [1.82, 2.24) is 4.90 Å². The van der Waals surface area contributed by atoms with Crippen LogP contribution in [-0.2, 0) is 0 Å². The van der Waals surface area contributed by atoms with E-state index in [1.165, 1.54) is 17.7 Å². The Morgan fingerprint density at radius 3 is 2.13 bits per heavy atom. The molecule has 0 spiro atoms. The van der Waals surface area contributed by atoms with E-state index in [4.69, 9.17) is 0 Å². The highest BCUT2D eigenvalue weighted by Crippen LogP contribution is 2.41. The Morgan fingerprint density at radius 1 is 0.913 bits per heavy atom. The molecule has 0 aliphatic carbocycles. The highest BCUT2D eigenvalue weighted by molar-refractivity contribution is 5.35. The topological polar surface area (TPSA) is 23.5 Å². The molecule has 120 valence electrons. The molecule has 3 saturated heterocycles. The minimum atomic E-state index is -0.312. The first-order valence-corrected chi connectivity index (χ1v) is 8.46. The molecule has 2 bridgehead atoms. The summed E-state index contributed by atoms with van der Waals surface area (Å²) in [6, 6.07) is 17.2. The van der Waals surface area contributed by atoms with Crippen molar-refractivity contribution in [1.29, 1.82) is 0 Å². The molecule has 3 heteroatoms. The van der Waals surface area contributed by atoms with E-state index in [0.717, 1.165) is 31.5 Å². The molecule has 23 heavy (non-hydrogen) atoms. The van der Waals surface area contributed by atoms with E-state index in [1.54, 1.807) is 0 Å². The third kappa shape index (κ3) is 2.68. The molecule has 3 heterocycles. The van der Waals surface area contributed by atoms with Gasteiger partial charge in [0, 0.05) is 12.0 Å². The molecule has 3 fully saturated rings. The van der Waals surface area contributed by atoms with Crippen molar-refractivity contribution in [3.05, 3.63) is 71.5 Å².